The van der Waals surface area contributed by atoms with Crippen LogP contribution in [0.1, 0.15) is 59.8 Å². The summed E-state index contributed by atoms with van der Waals surface area (Å²) in [5.41, 5.74) is 0.394. The third-order valence-corrected chi connectivity index (χ3v) is 4.77. The molecule has 15 heavy (non-hydrogen) atoms. The highest BCUT2D eigenvalue weighted by atomic mass is 15.0. The first kappa shape index (κ1) is 11.4. The lowest BCUT2D eigenvalue weighted by Gasteiger charge is -2.38. The van der Waals surface area contributed by atoms with E-state index in [0.717, 1.165) is 23.8 Å². The van der Waals surface area contributed by atoms with Crippen LogP contribution in [0.3, 0.4) is 0 Å². The Labute approximate surface area is 95.0 Å². The predicted molar refractivity (Wildman–Crippen MR) is 65.9 cm³/mol. The highest BCUT2D eigenvalue weighted by molar-refractivity contribution is 4.97. The molecule has 0 aromatic carbocycles. The van der Waals surface area contributed by atoms with Crippen LogP contribution in [0.5, 0.6) is 0 Å². The topological polar surface area (TPSA) is 12.0 Å². The predicted octanol–water partition coefficient (Wildman–Crippen LogP) is 3.59. The van der Waals surface area contributed by atoms with Gasteiger partial charge in [0.1, 0.15) is 0 Å². The van der Waals surface area contributed by atoms with E-state index in [2.05, 4.69) is 33.0 Å². The van der Waals surface area contributed by atoms with Crippen molar-refractivity contribution in [2.45, 2.75) is 71.4 Å². The summed E-state index contributed by atoms with van der Waals surface area (Å²) in [6.45, 7) is 9.62. The van der Waals surface area contributed by atoms with Crippen molar-refractivity contribution in [3.05, 3.63) is 0 Å². The zero-order valence-electron chi connectivity index (χ0n) is 10.8. The third kappa shape index (κ3) is 2.75. The second-order valence-corrected chi connectivity index (χ2v) is 6.60. The summed E-state index contributed by atoms with van der Waals surface area (Å²) >= 11 is 0. The molecule has 1 N–H and O–H groups in total. The number of rotatable bonds is 3. The summed E-state index contributed by atoms with van der Waals surface area (Å²) in [4.78, 5) is 0. The molecule has 0 aromatic heterocycles. The summed E-state index contributed by atoms with van der Waals surface area (Å²) in [6, 6.07) is 0.784. The Hall–Kier alpha value is -0.0400. The molecule has 1 nitrogen and oxygen atoms in total. The van der Waals surface area contributed by atoms with Gasteiger partial charge in [0, 0.05) is 11.6 Å². The first-order valence-corrected chi connectivity index (χ1v) is 6.76. The van der Waals surface area contributed by atoms with E-state index in [1.54, 1.807) is 0 Å². The normalized spacial score (nSPS) is 38.0. The summed E-state index contributed by atoms with van der Waals surface area (Å²) in [7, 11) is 0. The van der Waals surface area contributed by atoms with Crippen molar-refractivity contribution in [3.63, 3.8) is 0 Å². The molecule has 2 saturated carbocycles. The molecule has 0 spiro atoms. The van der Waals surface area contributed by atoms with Crippen molar-refractivity contribution in [1.82, 2.24) is 5.32 Å². The van der Waals surface area contributed by atoms with Gasteiger partial charge < -0.3 is 5.32 Å². The van der Waals surface area contributed by atoms with Gasteiger partial charge in [0.25, 0.3) is 0 Å². The van der Waals surface area contributed by atoms with Gasteiger partial charge >= 0.3 is 0 Å². The van der Waals surface area contributed by atoms with Crippen LogP contribution in [-0.4, -0.2) is 11.6 Å². The number of hydrogen-bond acceptors (Lipinski definition) is 1. The van der Waals surface area contributed by atoms with Gasteiger partial charge in [-0.25, -0.2) is 0 Å². The summed E-state index contributed by atoms with van der Waals surface area (Å²) in [6.07, 6.45) is 7.08. The molecule has 3 atom stereocenters. The van der Waals surface area contributed by atoms with Crippen LogP contribution in [0.2, 0.25) is 0 Å². The van der Waals surface area contributed by atoms with Gasteiger partial charge in [-0.1, -0.05) is 13.8 Å². The second-order valence-electron chi connectivity index (χ2n) is 6.60. The maximum absolute atomic E-state index is 3.91. The molecule has 0 saturated heterocycles. The van der Waals surface area contributed by atoms with Gasteiger partial charge in [0.15, 0.2) is 0 Å². The molecule has 88 valence electrons. The Morgan fingerprint density at radius 1 is 0.933 bits per heavy atom. The molecule has 0 aliphatic heterocycles. The monoisotopic (exact) mass is 209 g/mol. The molecule has 3 unspecified atom stereocenters. The maximum atomic E-state index is 3.91. The van der Waals surface area contributed by atoms with Crippen molar-refractivity contribution >= 4 is 0 Å². The molecular formula is C14H27N. The fraction of sp³-hybridized carbons (Fsp3) is 1.00. The van der Waals surface area contributed by atoms with Gasteiger partial charge in [-0.05, 0) is 63.7 Å². The first-order valence-electron chi connectivity index (χ1n) is 6.76. The molecule has 2 aliphatic carbocycles. The van der Waals surface area contributed by atoms with Crippen LogP contribution in [0.25, 0.3) is 0 Å². The fourth-order valence-corrected chi connectivity index (χ4v) is 3.13. The van der Waals surface area contributed by atoms with Crippen molar-refractivity contribution in [2.75, 3.05) is 0 Å². The van der Waals surface area contributed by atoms with Gasteiger partial charge in [-0.15, -0.1) is 0 Å². The Bertz CT molecular complexity index is 217. The van der Waals surface area contributed by atoms with Crippen molar-refractivity contribution in [1.29, 1.82) is 0 Å². The smallest absolute Gasteiger partial charge is 0.0155 e. The largest absolute Gasteiger partial charge is 0.309 e. The lowest BCUT2D eigenvalue weighted by atomic mass is 9.78. The fourth-order valence-electron chi connectivity index (χ4n) is 3.13. The Kier molecular flexibility index (Phi) is 3.12. The standard InChI is InChI=1S/C14H27N/c1-10-5-8-13(9-11(10)2)15-14(3,4)12-6-7-12/h10-13,15H,5-9H2,1-4H3. The Morgan fingerprint density at radius 3 is 2.13 bits per heavy atom. The molecule has 0 bridgehead atoms. The zero-order chi connectivity index (χ0) is 11.1. The van der Waals surface area contributed by atoms with Crippen LogP contribution in [0.4, 0.5) is 0 Å². The van der Waals surface area contributed by atoms with E-state index < -0.39 is 0 Å². The molecule has 2 aliphatic rings. The highest BCUT2D eigenvalue weighted by Gasteiger charge is 2.39. The molecule has 0 heterocycles. The molecular weight excluding hydrogens is 182 g/mol. The van der Waals surface area contributed by atoms with Crippen molar-refractivity contribution < 1.29 is 0 Å². The summed E-state index contributed by atoms with van der Waals surface area (Å²) in [5.74, 6) is 2.80. The maximum Gasteiger partial charge on any atom is 0.0155 e. The zero-order valence-corrected chi connectivity index (χ0v) is 10.8. The van der Waals surface area contributed by atoms with Crippen LogP contribution in [-0.2, 0) is 0 Å². The average Bonchev–Trinajstić information content (AvgIpc) is 2.93. The van der Waals surface area contributed by atoms with E-state index in [1.807, 2.05) is 0 Å². The van der Waals surface area contributed by atoms with E-state index in [1.165, 1.54) is 32.1 Å². The molecule has 1 heteroatoms. The number of nitrogens with one attached hydrogen (secondary N) is 1. The van der Waals surface area contributed by atoms with E-state index in [4.69, 9.17) is 0 Å². The minimum Gasteiger partial charge on any atom is -0.309 e. The highest BCUT2D eigenvalue weighted by Crippen LogP contribution is 2.40. The quantitative estimate of drug-likeness (QED) is 0.749. The second kappa shape index (κ2) is 4.08. The summed E-state index contributed by atoms with van der Waals surface area (Å²) < 4.78 is 0. The van der Waals surface area contributed by atoms with Gasteiger partial charge in [0.05, 0.1) is 0 Å². The van der Waals surface area contributed by atoms with Crippen LogP contribution in [0, 0.1) is 17.8 Å². The molecule has 0 radical (unpaired) electrons. The van der Waals surface area contributed by atoms with Gasteiger partial charge in [-0.3, -0.25) is 0 Å². The molecule has 0 aromatic rings. The van der Waals surface area contributed by atoms with Gasteiger partial charge in [-0.2, -0.15) is 0 Å². The van der Waals surface area contributed by atoms with Crippen LogP contribution >= 0.6 is 0 Å². The lowest BCUT2D eigenvalue weighted by molar-refractivity contribution is 0.185. The summed E-state index contributed by atoms with van der Waals surface area (Å²) in [5, 5.41) is 3.91. The Morgan fingerprint density at radius 2 is 1.60 bits per heavy atom. The van der Waals surface area contributed by atoms with E-state index in [9.17, 15) is 0 Å². The molecule has 0 amide bonds. The minimum absolute atomic E-state index is 0.394. The average molecular weight is 209 g/mol. The van der Waals surface area contributed by atoms with Crippen molar-refractivity contribution in [3.8, 4) is 0 Å². The van der Waals surface area contributed by atoms with Crippen molar-refractivity contribution in [2.24, 2.45) is 17.8 Å². The number of hydrogen-bond donors (Lipinski definition) is 1. The minimum atomic E-state index is 0.394. The van der Waals surface area contributed by atoms with E-state index in [0.29, 0.717) is 5.54 Å². The van der Waals surface area contributed by atoms with E-state index >= 15 is 0 Å². The molecule has 2 rings (SSSR count). The van der Waals surface area contributed by atoms with Crippen LogP contribution in [0.15, 0.2) is 0 Å². The Balaban J connectivity index is 1.84. The van der Waals surface area contributed by atoms with Gasteiger partial charge in [0.2, 0.25) is 0 Å². The first-order chi connectivity index (χ1) is 6.99. The van der Waals surface area contributed by atoms with E-state index in [-0.39, 0.29) is 0 Å². The SMILES string of the molecule is CC1CCC(NC(C)(C)C2CC2)CC1C. The lowest BCUT2D eigenvalue weighted by Crippen LogP contribution is -2.49. The van der Waals surface area contributed by atoms with Crippen LogP contribution < -0.4 is 5.32 Å². The molecule has 2 fully saturated rings. The third-order valence-electron chi connectivity index (χ3n) is 4.77.